The zero-order valence-electron chi connectivity index (χ0n) is 18.7. The number of amides is 1. The van der Waals surface area contributed by atoms with Crippen molar-refractivity contribution in [1.82, 2.24) is 4.90 Å². The van der Waals surface area contributed by atoms with Crippen LogP contribution < -0.4 is 0 Å². The summed E-state index contributed by atoms with van der Waals surface area (Å²) in [5.41, 5.74) is 0.893. The molecule has 2 atom stereocenters. The van der Waals surface area contributed by atoms with Crippen LogP contribution in [0.2, 0.25) is 18.1 Å². The SMILES string of the molecule is C[C@H]1C[C@@]2(CCN1C(=O)O)OCCc1c2sc(C(F)F)c1CO[Si](C)(C)C(C)(C)C. The van der Waals surface area contributed by atoms with E-state index >= 15 is 0 Å². The van der Waals surface area contributed by atoms with Crippen LogP contribution in [0.15, 0.2) is 0 Å². The number of rotatable bonds is 4. The van der Waals surface area contributed by atoms with Crippen molar-refractivity contribution < 1.29 is 27.8 Å². The first-order chi connectivity index (χ1) is 13.8. The Morgan fingerprint density at radius 3 is 2.63 bits per heavy atom. The monoisotopic (exact) mass is 461 g/mol. The predicted molar refractivity (Wildman–Crippen MR) is 116 cm³/mol. The molecule has 0 aromatic carbocycles. The summed E-state index contributed by atoms with van der Waals surface area (Å²) >= 11 is 1.14. The minimum absolute atomic E-state index is 0.00248. The second-order valence-electron chi connectivity index (χ2n) is 9.97. The molecule has 3 heterocycles. The van der Waals surface area contributed by atoms with Crippen molar-refractivity contribution in [3.63, 3.8) is 0 Å². The molecular weight excluding hydrogens is 428 g/mol. The zero-order chi connectivity index (χ0) is 22.5. The Hall–Kier alpha value is -1.03. The fourth-order valence-electron chi connectivity index (χ4n) is 4.20. The summed E-state index contributed by atoms with van der Waals surface area (Å²) < 4.78 is 40.5. The van der Waals surface area contributed by atoms with Crippen LogP contribution in [0.1, 0.15) is 67.8 Å². The summed E-state index contributed by atoms with van der Waals surface area (Å²) in [4.78, 5) is 13.8. The lowest BCUT2D eigenvalue weighted by molar-refractivity contribution is -0.104. The first-order valence-corrected chi connectivity index (χ1v) is 14.2. The summed E-state index contributed by atoms with van der Waals surface area (Å²) in [6.07, 6.45) is -1.95. The molecule has 1 amide bonds. The number of hydrogen-bond donors (Lipinski definition) is 1. The number of halogens is 2. The average molecular weight is 462 g/mol. The zero-order valence-corrected chi connectivity index (χ0v) is 20.5. The fraction of sp³-hybridized carbons (Fsp3) is 0.762. The van der Waals surface area contributed by atoms with Crippen molar-refractivity contribution in [1.29, 1.82) is 0 Å². The standard InChI is InChI=1S/C21H33F2NO4SSi/c1-13-11-21(8-9-24(13)19(25)26)17-14(7-10-27-21)15(16(29-17)18(22)23)12-28-30(5,6)20(2,3)4/h13,18H,7-12H2,1-6H3,(H,25,26)/t13-,21+/m0/s1. The van der Waals surface area contributed by atoms with E-state index in [2.05, 4.69) is 33.9 Å². The van der Waals surface area contributed by atoms with E-state index < -0.39 is 26.4 Å². The van der Waals surface area contributed by atoms with E-state index in [4.69, 9.17) is 9.16 Å². The Kier molecular flexibility index (Phi) is 6.42. The molecule has 0 radical (unpaired) electrons. The van der Waals surface area contributed by atoms with E-state index in [1.807, 2.05) is 6.92 Å². The van der Waals surface area contributed by atoms with E-state index in [0.717, 1.165) is 21.8 Å². The van der Waals surface area contributed by atoms with Gasteiger partial charge in [-0.2, -0.15) is 0 Å². The van der Waals surface area contributed by atoms with Crippen LogP contribution in [0, 0.1) is 0 Å². The van der Waals surface area contributed by atoms with Crippen molar-refractivity contribution >= 4 is 25.7 Å². The summed E-state index contributed by atoms with van der Waals surface area (Å²) in [5.74, 6) is 0. The van der Waals surface area contributed by atoms with Gasteiger partial charge in [-0.1, -0.05) is 20.8 Å². The van der Waals surface area contributed by atoms with Gasteiger partial charge >= 0.3 is 6.09 Å². The van der Waals surface area contributed by atoms with Crippen molar-refractivity contribution in [3.05, 3.63) is 20.9 Å². The Labute approximate surface area is 182 Å². The molecule has 1 N–H and O–H groups in total. The van der Waals surface area contributed by atoms with Crippen molar-refractivity contribution in [2.24, 2.45) is 0 Å². The number of hydrogen-bond acceptors (Lipinski definition) is 4. The van der Waals surface area contributed by atoms with E-state index in [0.29, 0.717) is 38.0 Å². The van der Waals surface area contributed by atoms with Gasteiger partial charge in [0.15, 0.2) is 8.32 Å². The van der Waals surface area contributed by atoms with Gasteiger partial charge in [-0.25, -0.2) is 13.6 Å². The van der Waals surface area contributed by atoms with Gasteiger partial charge in [0.05, 0.1) is 18.1 Å². The third kappa shape index (κ3) is 4.18. The third-order valence-corrected chi connectivity index (χ3v) is 13.0. The maximum atomic E-state index is 14.0. The Morgan fingerprint density at radius 2 is 2.10 bits per heavy atom. The maximum absolute atomic E-state index is 14.0. The molecule has 2 aliphatic heterocycles. The van der Waals surface area contributed by atoms with E-state index in [-0.39, 0.29) is 22.6 Å². The summed E-state index contributed by atoms with van der Waals surface area (Å²) in [6.45, 7) is 13.5. The smallest absolute Gasteiger partial charge is 0.407 e. The molecule has 5 nitrogen and oxygen atoms in total. The molecule has 1 spiro atoms. The fourth-order valence-corrected chi connectivity index (χ4v) is 6.53. The molecule has 3 rings (SSSR count). The minimum Gasteiger partial charge on any atom is -0.465 e. The normalized spacial score (nSPS) is 25.1. The number of nitrogens with zero attached hydrogens (tertiary/aromatic N) is 1. The van der Waals surface area contributed by atoms with Gasteiger partial charge in [0.2, 0.25) is 0 Å². The largest absolute Gasteiger partial charge is 0.465 e. The molecule has 1 saturated heterocycles. The Balaban J connectivity index is 1.96. The second kappa shape index (κ2) is 8.15. The quantitative estimate of drug-likeness (QED) is 0.547. The number of thiophene rings is 1. The molecule has 0 saturated carbocycles. The van der Waals surface area contributed by atoms with Crippen LogP contribution in [0.3, 0.4) is 0 Å². The lowest BCUT2D eigenvalue weighted by Crippen LogP contribution is -2.52. The molecule has 1 aromatic heterocycles. The van der Waals surface area contributed by atoms with Crippen LogP contribution in [0.4, 0.5) is 13.6 Å². The molecule has 1 fully saturated rings. The Bertz CT molecular complexity index is 808. The molecule has 170 valence electrons. The number of alkyl halides is 2. The number of likely N-dealkylation sites (tertiary alicyclic amines) is 1. The number of fused-ring (bicyclic) bond motifs is 2. The number of carboxylic acid groups (broad SMARTS) is 1. The molecule has 2 aliphatic rings. The lowest BCUT2D eigenvalue weighted by Gasteiger charge is -2.46. The minimum atomic E-state index is -2.56. The van der Waals surface area contributed by atoms with Crippen molar-refractivity contribution in [3.8, 4) is 0 Å². The summed E-state index contributed by atoms with van der Waals surface area (Å²) in [5, 5.41) is 9.40. The first-order valence-electron chi connectivity index (χ1n) is 10.5. The molecule has 9 heteroatoms. The highest BCUT2D eigenvalue weighted by Crippen LogP contribution is 2.50. The van der Waals surface area contributed by atoms with Gasteiger partial charge in [-0.05, 0) is 49.0 Å². The van der Waals surface area contributed by atoms with E-state index in [9.17, 15) is 18.7 Å². The molecule has 0 bridgehead atoms. The summed E-state index contributed by atoms with van der Waals surface area (Å²) in [6, 6.07) is -0.230. The van der Waals surface area contributed by atoms with Crippen LogP contribution >= 0.6 is 11.3 Å². The number of ether oxygens (including phenoxy) is 1. The number of carbonyl (C=O) groups is 1. The van der Waals surface area contributed by atoms with Gasteiger partial charge in [0.1, 0.15) is 5.60 Å². The van der Waals surface area contributed by atoms with Crippen molar-refractivity contribution in [2.75, 3.05) is 13.2 Å². The van der Waals surface area contributed by atoms with Gasteiger partial charge in [-0.3, -0.25) is 0 Å². The van der Waals surface area contributed by atoms with E-state index in [1.165, 1.54) is 4.90 Å². The third-order valence-electron chi connectivity index (χ3n) is 7.03. The molecular formula is C21H33F2NO4SSi. The second-order valence-corrected chi connectivity index (χ2v) is 15.8. The van der Waals surface area contributed by atoms with E-state index in [1.54, 1.807) is 0 Å². The first kappa shape index (κ1) is 23.6. The average Bonchev–Trinajstić information content (AvgIpc) is 2.99. The lowest BCUT2D eigenvalue weighted by atomic mass is 9.81. The molecule has 0 unspecified atom stereocenters. The number of piperidine rings is 1. The molecule has 0 aliphatic carbocycles. The highest BCUT2D eigenvalue weighted by molar-refractivity contribution is 7.12. The predicted octanol–water partition coefficient (Wildman–Crippen LogP) is 6.14. The topological polar surface area (TPSA) is 59.0 Å². The van der Waals surface area contributed by atoms with Crippen LogP contribution in [-0.2, 0) is 27.8 Å². The van der Waals surface area contributed by atoms with Crippen molar-refractivity contribution in [2.45, 2.75) is 89.8 Å². The van der Waals surface area contributed by atoms with Crippen LogP contribution in [0.25, 0.3) is 0 Å². The van der Waals surface area contributed by atoms with Gasteiger partial charge in [0, 0.05) is 23.9 Å². The van der Waals surface area contributed by atoms with Gasteiger partial charge < -0.3 is 19.2 Å². The van der Waals surface area contributed by atoms with Gasteiger partial charge in [-0.15, -0.1) is 11.3 Å². The summed E-state index contributed by atoms with van der Waals surface area (Å²) in [7, 11) is -2.09. The Morgan fingerprint density at radius 1 is 1.43 bits per heavy atom. The highest BCUT2D eigenvalue weighted by atomic mass is 32.1. The van der Waals surface area contributed by atoms with Gasteiger partial charge in [0.25, 0.3) is 6.43 Å². The maximum Gasteiger partial charge on any atom is 0.407 e. The molecule has 30 heavy (non-hydrogen) atoms. The molecule has 1 aromatic rings. The highest BCUT2D eigenvalue weighted by Gasteiger charge is 2.47. The van der Waals surface area contributed by atoms with Crippen LogP contribution in [-0.4, -0.2) is 43.6 Å². The van der Waals surface area contributed by atoms with Crippen LogP contribution in [0.5, 0.6) is 0 Å².